The maximum absolute atomic E-state index is 12.6. The molecule has 1 saturated carbocycles. The quantitative estimate of drug-likeness (QED) is 0.0137. The van der Waals surface area contributed by atoms with Crippen LogP contribution in [0.4, 0.5) is 39.8 Å². The van der Waals surface area contributed by atoms with Crippen LogP contribution in [-0.4, -0.2) is 241 Å². The fourth-order valence-corrected chi connectivity index (χ4v) is 17.8. The van der Waals surface area contributed by atoms with Crippen LogP contribution in [0.3, 0.4) is 0 Å². The fourth-order valence-electron chi connectivity index (χ4n) is 15.6. The highest BCUT2D eigenvalue weighted by atomic mass is 79.9. The normalized spacial score (nSPS) is 15.4. The Hall–Kier alpha value is -10.2. The van der Waals surface area contributed by atoms with Gasteiger partial charge in [0.05, 0.1) is 114 Å². The van der Waals surface area contributed by atoms with E-state index in [9.17, 15) is 73.5 Å². The monoisotopic (exact) mass is 2280 g/mol. The smallest absolute Gasteiger partial charge is 0.478 e. The molecule has 13 rings (SSSR count). The van der Waals surface area contributed by atoms with Gasteiger partial charge in [0.1, 0.15) is 11.6 Å². The lowest BCUT2D eigenvalue weighted by molar-refractivity contribution is -0.385. The Kier molecular flexibility index (Phi) is 50.3. The molecule has 141 heavy (non-hydrogen) atoms. The number of carboxylic acid groups (broad SMARTS) is 2. The summed E-state index contributed by atoms with van der Waals surface area (Å²) in [5.74, 6) is -3.45. The molecule has 5 N–H and O–H groups in total. The second kappa shape index (κ2) is 58.5. The van der Waals surface area contributed by atoms with Gasteiger partial charge < -0.3 is 87.9 Å². The van der Waals surface area contributed by atoms with Gasteiger partial charge in [-0.2, -0.15) is 0 Å². The molecule has 6 fully saturated rings. The van der Waals surface area contributed by atoms with Crippen LogP contribution in [-0.2, 0) is 61.5 Å². The first-order valence-electron chi connectivity index (χ1n) is 45.4. The molecule has 0 aromatic heterocycles. The van der Waals surface area contributed by atoms with Crippen LogP contribution in [0.2, 0.25) is 0 Å². The number of benzene rings is 7. The molecule has 0 radical (unpaired) electrons. The number of aromatic carboxylic acids is 2. The molecule has 7 aromatic carbocycles. The number of hydrogen-bond donors (Lipinski definition) is 4. The molecule has 5 heterocycles. The molecule has 5 aliphatic heterocycles. The number of carboxylic acids is 2. The molecule has 6 aliphatic rings. The van der Waals surface area contributed by atoms with Crippen molar-refractivity contribution >= 4 is 185 Å². The van der Waals surface area contributed by atoms with Crippen molar-refractivity contribution in [1.82, 2.24) is 4.90 Å². The van der Waals surface area contributed by atoms with Gasteiger partial charge in [-0.05, 0) is 250 Å². The van der Waals surface area contributed by atoms with E-state index in [1.807, 2.05) is 66.7 Å². The number of nitrogens with two attached hydrogens (primary N) is 1. The third kappa shape index (κ3) is 35.9. The van der Waals surface area contributed by atoms with Gasteiger partial charge in [-0.25, -0.2) is 33.6 Å². The van der Waals surface area contributed by atoms with Crippen LogP contribution < -0.4 is 26.3 Å². The van der Waals surface area contributed by atoms with Gasteiger partial charge in [0.25, 0.3) is 17.1 Å². The molecular weight excluding hydrogens is 2160 g/mol. The number of nitrogen functional groups attached to an aromatic ring is 1. The average Bonchev–Trinajstić information content (AvgIpc) is 1.45. The summed E-state index contributed by atoms with van der Waals surface area (Å²) in [7, 11) is 10.4. The van der Waals surface area contributed by atoms with E-state index in [4.69, 9.17) is 58.4 Å². The number of anilines is 4. The minimum Gasteiger partial charge on any atom is -0.478 e. The van der Waals surface area contributed by atoms with Gasteiger partial charge in [0.15, 0.2) is 0 Å². The number of hydrogen-bond acceptors (Lipinski definition) is 31. The average molecular weight is 2290 g/mol. The zero-order valence-electron chi connectivity index (χ0n) is 83.3. The number of methoxy groups -OCH3 is 5. The summed E-state index contributed by atoms with van der Waals surface area (Å²) in [4.78, 5) is 138. The van der Waals surface area contributed by atoms with E-state index in [0.29, 0.717) is 104 Å². The molecule has 0 spiro atoms. The van der Waals surface area contributed by atoms with E-state index in [0.717, 1.165) is 175 Å². The Bertz CT molecular complexity index is 5450. The van der Waals surface area contributed by atoms with Crippen molar-refractivity contribution in [3.8, 4) is 0 Å². The molecule has 42 heteroatoms. The Morgan fingerprint density at radius 1 is 0.426 bits per heavy atom. The van der Waals surface area contributed by atoms with Crippen LogP contribution >= 0.6 is 79.6 Å². The molecular formula is C99H128BBr5N8O28. The summed E-state index contributed by atoms with van der Waals surface area (Å²) in [5.41, 5.74) is 15.4. The molecule has 0 atom stereocenters. The van der Waals surface area contributed by atoms with Gasteiger partial charge in [-0.3, -0.25) is 39.9 Å². The van der Waals surface area contributed by atoms with Crippen LogP contribution in [0.5, 0.6) is 0 Å². The number of ether oxygens (including phenoxy) is 9. The predicted molar refractivity (Wildman–Crippen MR) is 555 cm³/mol. The zero-order chi connectivity index (χ0) is 106. The van der Waals surface area contributed by atoms with Crippen molar-refractivity contribution in [2.75, 3.05) is 136 Å². The molecule has 0 bridgehead atoms. The molecule has 7 aromatic rings. The summed E-state index contributed by atoms with van der Waals surface area (Å²) >= 11 is 16.3. The number of carbonyl (C=O) groups excluding carboxylic acids is 7. The highest BCUT2D eigenvalue weighted by Crippen LogP contribution is 2.40. The highest BCUT2D eigenvalue weighted by molar-refractivity contribution is 9.11. The lowest BCUT2D eigenvalue weighted by atomic mass is 9.77. The van der Waals surface area contributed by atoms with Gasteiger partial charge in [-0.1, -0.05) is 85.7 Å². The van der Waals surface area contributed by atoms with Crippen LogP contribution in [0.1, 0.15) is 230 Å². The summed E-state index contributed by atoms with van der Waals surface area (Å²) in [6.45, 7) is 32.2. The maximum Gasteiger partial charge on any atom is 0.494 e. The van der Waals surface area contributed by atoms with Crippen molar-refractivity contribution in [1.29, 1.82) is 0 Å². The maximum atomic E-state index is 12.6. The number of nitro groups is 3. The second-order valence-corrected chi connectivity index (χ2v) is 38.9. The lowest BCUT2D eigenvalue weighted by Crippen LogP contribution is -2.42. The third-order valence-electron chi connectivity index (χ3n) is 24.6. The Morgan fingerprint density at radius 3 is 1.14 bits per heavy atom. The summed E-state index contributed by atoms with van der Waals surface area (Å²) < 4.78 is 61.1. The van der Waals surface area contributed by atoms with E-state index in [1.165, 1.54) is 98.8 Å². The van der Waals surface area contributed by atoms with E-state index >= 15 is 0 Å². The summed E-state index contributed by atoms with van der Waals surface area (Å²) in [6, 6.07) is 26.4. The summed E-state index contributed by atoms with van der Waals surface area (Å²) in [5, 5.41) is 52.5. The number of rotatable bonds is 20. The minimum atomic E-state index is -1.17. The molecule has 5 saturated heterocycles. The minimum absolute atomic E-state index is 0.0331. The highest BCUT2D eigenvalue weighted by Gasteiger charge is 2.52. The number of esters is 5. The van der Waals surface area contributed by atoms with Crippen molar-refractivity contribution in [3.05, 3.63) is 222 Å². The Labute approximate surface area is 864 Å². The molecule has 0 amide bonds. The topological polar surface area (TPSA) is 473 Å². The molecule has 0 unspecified atom stereocenters. The van der Waals surface area contributed by atoms with E-state index in [1.54, 1.807) is 25.1 Å². The van der Waals surface area contributed by atoms with Crippen molar-refractivity contribution in [2.24, 2.45) is 0 Å². The van der Waals surface area contributed by atoms with E-state index in [2.05, 4.69) is 149 Å². The predicted octanol–water partition coefficient (Wildman–Crippen LogP) is 19.7. The molecule has 770 valence electrons. The number of nitrogens with zero attached hydrogens (tertiary/aromatic N) is 6. The first kappa shape index (κ1) is 121. The summed E-state index contributed by atoms with van der Waals surface area (Å²) in [6.07, 6.45) is 10.9. The zero-order valence-corrected chi connectivity index (χ0v) is 91.2. The van der Waals surface area contributed by atoms with Crippen LogP contribution in [0, 0.1) is 78.8 Å². The number of Topliss-reactive ketones (excluding diaryl/α,β-unsaturated/α-hetero) is 2. The van der Waals surface area contributed by atoms with Crippen molar-refractivity contribution in [2.45, 2.75) is 202 Å². The van der Waals surface area contributed by atoms with Gasteiger partial charge in [0, 0.05) is 183 Å². The van der Waals surface area contributed by atoms with Gasteiger partial charge >= 0.3 is 48.9 Å². The van der Waals surface area contributed by atoms with Crippen LogP contribution in [0.15, 0.2) is 113 Å². The first-order valence-corrected chi connectivity index (χ1v) is 49.3. The Balaban J connectivity index is 0.000000286. The third-order valence-corrected chi connectivity index (χ3v) is 26.9. The van der Waals surface area contributed by atoms with Gasteiger partial charge in [-0.15, -0.1) is 0 Å². The largest absolute Gasteiger partial charge is 0.494 e. The van der Waals surface area contributed by atoms with Crippen LogP contribution in [0.25, 0.3) is 0 Å². The van der Waals surface area contributed by atoms with E-state index < -0.39 is 51.0 Å². The number of nitro benzene ring substituents is 3. The number of nitrogens with one attached hydrogen (secondary N) is 1. The molecule has 1 aliphatic carbocycles. The Morgan fingerprint density at radius 2 is 0.759 bits per heavy atom. The number of halogens is 5. The molecule has 36 nitrogen and oxygen atoms in total. The first-order chi connectivity index (χ1) is 66.4. The van der Waals surface area contributed by atoms with Gasteiger partial charge in [0.2, 0.25) is 0 Å². The van der Waals surface area contributed by atoms with E-state index in [-0.39, 0.29) is 68.8 Å². The SMILES string of the molecule is CCN(c1cc(B2OC(C)(C)C(C)(C)O2)cc(C(=O)OC)c1C)C1CCOCC1.CCN(c1cc(Br)cc(C(=O)OC)c1C)C1CCOCC1.CN(C)C1CCC(=O)CC1.COC(=O)c1cc(Br)cc(N)c1C.COC(=O)c1cc(Br)cc(NC2CCOCC2)c1C.COC(=O)c1cc(Br)cc([N+](=O)[O-])c1C.Cc1c(C(=O)O)cc(Br)cc1[N+](=O)[O-].Cc1c(C(=O)O)cccc1[N+](=O)[O-].O=C1CCOCC1. The van der Waals surface area contributed by atoms with Crippen molar-refractivity contribution in [3.63, 3.8) is 0 Å². The number of ketones is 2. The fraction of sp³-hybridized carbons (Fsp3) is 0.485. The van der Waals surface area contributed by atoms with Crippen molar-refractivity contribution < 1.29 is 120 Å². The second-order valence-electron chi connectivity index (χ2n) is 34.4. The lowest BCUT2D eigenvalue weighted by Gasteiger charge is -2.37. The standard InChI is InChI=1S/C22H34BNO5.C16H22BrNO3.C14H18BrNO3.C9H8BrNO4.C9H10BrNO2.C8H6BrNO4.C8H7NO4.C8H15NO.C5H8O2/c1-8-24(17-9-11-27-12-10-17)19-14-16(13-18(15(19)2)20(25)26-7)23-28-21(3,4)22(5,6)29-23;1-4-18(13-5-7-21-8-6-13)15-10-12(17)9-14(11(15)2)16(19)20-3;1-9-12(14(17)18-2)7-10(15)8-13(9)16-11-3-5-19-6-4-11;1-5-7(9(12)15-2)3-6(10)4-8(5)11(13)14;1-5-7(9(12)13-2)3-6(10)4-8(5)11;1-4-6(8(11)12)2-5(9)3-7(4)10(13)14;1-5-6(8(10)11)3-2-4-7(5)9(12)13;1-9(2)7-3-5-8(10)6-4-7;6-5-1-3-7-4-2-5/h13-14,17H,8-12H2,1-7H3;9-10,13H,4-8H2,1-3H3;7-8,11,16H,3-6H2,1-2H3;3-4H,1-2H3;3-4H,11H2,1-2H3;2-3H,1H3,(H,11,12);2-4H,1H3,(H,10,11);7H,3-6H2,1-2H3;1-4H2. The number of carbonyl (C=O) groups is 9.